The van der Waals surface area contributed by atoms with Crippen LogP contribution in [0.25, 0.3) is 0 Å². The molecule has 1 aliphatic rings. The molecule has 3 unspecified atom stereocenters. The second kappa shape index (κ2) is 5.25. The van der Waals surface area contributed by atoms with Gasteiger partial charge in [-0.1, -0.05) is 0 Å². The summed E-state index contributed by atoms with van der Waals surface area (Å²) in [4.78, 5) is 0. The smallest absolute Gasteiger partial charge is 0.128 e. The fourth-order valence-electron chi connectivity index (χ4n) is 2.56. The summed E-state index contributed by atoms with van der Waals surface area (Å²) in [7, 11) is 0. The Morgan fingerprint density at radius 2 is 2.37 bits per heavy atom. The Bertz CT molecular complexity index is 515. The highest BCUT2D eigenvalue weighted by molar-refractivity contribution is 5.38. The molecule has 5 heteroatoms. The van der Waals surface area contributed by atoms with Crippen molar-refractivity contribution in [3.63, 3.8) is 0 Å². The van der Waals surface area contributed by atoms with Gasteiger partial charge in [0, 0.05) is 18.1 Å². The van der Waals surface area contributed by atoms with Crippen LogP contribution in [0.3, 0.4) is 0 Å². The molecule has 1 saturated heterocycles. The summed E-state index contributed by atoms with van der Waals surface area (Å²) in [5, 5.41) is 18.4. The lowest BCUT2D eigenvalue weighted by atomic mass is 9.75. The van der Waals surface area contributed by atoms with Crippen molar-refractivity contribution in [2.24, 2.45) is 11.7 Å². The van der Waals surface area contributed by atoms with Crippen molar-refractivity contribution >= 4 is 0 Å². The van der Waals surface area contributed by atoms with Crippen LogP contribution in [0.2, 0.25) is 0 Å². The third kappa shape index (κ3) is 2.47. The molecule has 1 aliphatic heterocycles. The van der Waals surface area contributed by atoms with Crippen LogP contribution in [-0.2, 0) is 10.3 Å². The number of benzene rings is 1. The standard InChI is InChI=1S/C14H17FN2O2/c1-9-4-11(7-18)14(17,8-19-9)12-5-10(6-16)2-3-13(12)15/h2-3,5,9,11,18H,4,7-8,17H2,1H3. The molecule has 4 nitrogen and oxygen atoms in total. The van der Waals surface area contributed by atoms with Crippen molar-refractivity contribution in [1.29, 1.82) is 5.26 Å². The average molecular weight is 264 g/mol. The molecular formula is C14H17FN2O2. The third-order valence-corrected chi connectivity index (χ3v) is 3.77. The first-order valence-corrected chi connectivity index (χ1v) is 6.22. The lowest BCUT2D eigenvalue weighted by Gasteiger charge is -2.43. The number of nitrogens with two attached hydrogens (primary N) is 1. The number of aliphatic hydroxyl groups is 1. The summed E-state index contributed by atoms with van der Waals surface area (Å²) >= 11 is 0. The summed E-state index contributed by atoms with van der Waals surface area (Å²) in [5.74, 6) is -0.766. The van der Waals surface area contributed by atoms with E-state index in [1.54, 1.807) is 0 Å². The topological polar surface area (TPSA) is 79.3 Å². The van der Waals surface area contributed by atoms with Gasteiger partial charge in [-0.3, -0.25) is 0 Å². The molecule has 1 fully saturated rings. The van der Waals surface area contributed by atoms with E-state index in [1.807, 2.05) is 13.0 Å². The molecule has 3 N–H and O–H groups in total. The molecule has 1 aromatic rings. The molecule has 19 heavy (non-hydrogen) atoms. The maximum Gasteiger partial charge on any atom is 0.128 e. The van der Waals surface area contributed by atoms with Crippen LogP contribution in [-0.4, -0.2) is 24.4 Å². The molecule has 3 atom stereocenters. The van der Waals surface area contributed by atoms with E-state index in [2.05, 4.69) is 0 Å². The Morgan fingerprint density at radius 3 is 3.00 bits per heavy atom. The molecule has 0 amide bonds. The molecule has 0 spiro atoms. The predicted octanol–water partition coefficient (Wildman–Crippen LogP) is 1.27. The molecule has 1 heterocycles. The predicted molar refractivity (Wildman–Crippen MR) is 67.6 cm³/mol. The second-order valence-corrected chi connectivity index (χ2v) is 5.08. The quantitative estimate of drug-likeness (QED) is 0.843. The van der Waals surface area contributed by atoms with Gasteiger partial charge in [-0.15, -0.1) is 0 Å². The van der Waals surface area contributed by atoms with E-state index in [0.29, 0.717) is 12.0 Å². The van der Waals surface area contributed by atoms with Gasteiger partial charge < -0.3 is 15.6 Å². The van der Waals surface area contributed by atoms with Crippen LogP contribution in [0.15, 0.2) is 18.2 Å². The summed E-state index contributed by atoms with van der Waals surface area (Å²) in [6, 6.07) is 6.05. The fraction of sp³-hybridized carbons (Fsp3) is 0.500. The van der Waals surface area contributed by atoms with Crippen LogP contribution in [0.1, 0.15) is 24.5 Å². The zero-order chi connectivity index (χ0) is 14.0. The van der Waals surface area contributed by atoms with Crippen molar-refractivity contribution in [2.45, 2.75) is 25.0 Å². The first-order valence-electron chi connectivity index (χ1n) is 6.22. The van der Waals surface area contributed by atoms with Crippen LogP contribution in [0, 0.1) is 23.1 Å². The molecule has 102 valence electrons. The summed E-state index contributed by atoms with van der Waals surface area (Å²) < 4.78 is 19.5. The maximum absolute atomic E-state index is 14.0. The highest BCUT2D eigenvalue weighted by Crippen LogP contribution is 2.37. The fourth-order valence-corrected chi connectivity index (χ4v) is 2.56. The number of rotatable bonds is 2. The van der Waals surface area contributed by atoms with Crippen molar-refractivity contribution < 1.29 is 14.2 Å². The lowest BCUT2D eigenvalue weighted by Crippen LogP contribution is -2.54. The van der Waals surface area contributed by atoms with Gasteiger partial charge in [-0.25, -0.2) is 4.39 Å². The first kappa shape index (κ1) is 13.9. The van der Waals surface area contributed by atoms with E-state index in [1.165, 1.54) is 18.2 Å². The van der Waals surface area contributed by atoms with E-state index < -0.39 is 11.4 Å². The Labute approximate surface area is 111 Å². The van der Waals surface area contributed by atoms with Gasteiger partial charge in [0.05, 0.1) is 29.9 Å². The number of hydrogen-bond acceptors (Lipinski definition) is 4. The Hall–Kier alpha value is -1.48. The van der Waals surface area contributed by atoms with Crippen LogP contribution in [0.4, 0.5) is 4.39 Å². The van der Waals surface area contributed by atoms with Gasteiger partial charge in [0.2, 0.25) is 0 Å². The van der Waals surface area contributed by atoms with Crippen LogP contribution >= 0.6 is 0 Å². The first-order chi connectivity index (χ1) is 9.01. The van der Waals surface area contributed by atoms with Gasteiger partial charge in [0.1, 0.15) is 5.82 Å². The average Bonchev–Trinajstić information content (AvgIpc) is 2.42. The molecule has 0 bridgehead atoms. The normalized spacial score (nSPS) is 30.9. The highest BCUT2D eigenvalue weighted by Gasteiger charge is 2.43. The van der Waals surface area contributed by atoms with Crippen molar-refractivity contribution in [3.8, 4) is 6.07 Å². The molecule has 0 saturated carbocycles. The number of ether oxygens (including phenoxy) is 1. The van der Waals surface area contributed by atoms with Crippen LogP contribution in [0.5, 0.6) is 0 Å². The maximum atomic E-state index is 14.0. The second-order valence-electron chi connectivity index (χ2n) is 5.08. The Morgan fingerprint density at radius 1 is 1.63 bits per heavy atom. The van der Waals surface area contributed by atoms with Crippen molar-refractivity contribution in [1.82, 2.24) is 0 Å². The van der Waals surface area contributed by atoms with E-state index >= 15 is 0 Å². The van der Waals surface area contributed by atoms with Gasteiger partial charge >= 0.3 is 0 Å². The number of aliphatic hydroxyl groups excluding tert-OH is 1. The summed E-state index contributed by atoms with van der Waals surface area (Å²) in [6.07, 6.45) is 0.541. The zero-order valence-corrected chi connectivity index (χ0v) is 10.8. The summed E-state index contributed by atoms with van der Waals surface area (Å²) in [5.41, 5.74) is 5.77. The van der Waals surface area contributed by atoms with Crippen LogP contribution < -0.4 is 5.73 Å². The number of nitriles is 1. The van der Waals surface area contributed by atoms with Gasteiger partial charge in [-0.05, 0) is 31.5 Å². The Balaban J connectivity index is 2.46. The SMILES string of the molecule is CC1CC(CO)C(N)(c2cc(C#N)ccc2F)CO1. The zero-order valence-electron chi connectivity index (χ0n) is 10.8. The number of halogens is 1. The monoisotopic (exact) mass is 264 g/mol. The van der Waals surface area contributed by atoms with E-state index in [0.717, 1.165) is 0 Å². The molecule has 1 aromatic carbocycles. The summed E-state index contributed by atoms with van der Waals surface area (Å²) in [6.45, 7) is 1.88. The van der Waals surface area contributed by atoms with E-state index in [-0.39, 0.29) is 30.8 Å². The van der Waals surface area contributed by atoms with Crippen molar-refractivity contribution in [3.05, 3.63) is 35.1 Å². The van der Waals surface area contributed by atoms with E-state index in [9.17, 15) is 9.50 Å². The Kier molecular flexibility index (Phi) is 3.85. The van der Waals surface area contributed by atoms with Gasteiger partial charge in [-0.2, -0.15) is 5.26 Å². The minimum absolute atomic E-state index is 0.0176. The molecule has 2 rings (SSSR count). The third-order valence-electron chi connectivity index (χ3n) is 3.77. The van der Waals surface area contributed by atoms with Gasteiger partial charge in [0.15, 0.2) is 0 Å². The molecular weight excluding hydrogens is 247 g/mol. The van der Waals surface area contributed by atoms with Crippen molar-refractivity contribution in [2.75, 3.05) is 13.2 Å². The lowest BCUT2D eigenvalue weighted by molar-refractivity contribution is -0.0680. The largest absolute Gasteiger partial charge is 0.396 e. The van der Waals surface area contributed by atoms with E-state index in [4.69, 9.17) is 15.7 Å². The van der Waals surface area contributed by atoms with Gasteiger partial charge in [0.25, 0.3) is 0 Å². The minimum atomic E-state index is -1.10. The molecule has 0 radical (unpaired) electrons. The molecule has 0 aromatic heterocycles. The minimum Gasteiger partial charge on any atom is -0.396 e. The number of nitrogens with zero attached hydrogens (tertiary/aromatic N) is 1. The number of hydrogen-bond donors (Lipinski definition) is 2. The molecule has 0 aliphatic carbocycles. The highest BCUT2D eigenvalue weighted by atomic mass is 19.1.